The monoisotopic (exact) mass is 2440 g/mol. The van der Waals surface area contributed by atoms with E-state index in [0.29, 0.717) is 76.7 Å². The molecule has 7 aromatic rings. The number of carbonyl (C=O) groups is 2. The molecule has 1 aliphatic carbocycles. The van der Waals surface area contributed by atoms with Crippen LogP contribution in [0.1, 0.15) is 168 Å². The van der Waals surface area contributed by atoms with Crippen LogP contribution in [0.2, 0.25) is 0 Å². The molecule has 0 radical (unpaired) electrons. The van der Waals surface area contributed by atoms with Crippen molar-refractivity contribution in [2.24, 2.45) is 21.6 Å². The molecule has 0 saturated carbocycles. The molecule has 7 aromatic carbocycles. The molecular weight excluding hydrogens is 2320 g/mol. The van der Waals surface area contributed by atoms with Crippen molar-refractivity contribution in [1.82, 2.24) is 0 Å². The standard InChI is InChI=1S/C40H51N3O7S2.C20H25NO3S.C17H26N2O4S.C15H16N2.BrH.ClH.I3.I2/c1-39(2)34-30-32(52(41,49)50)24-25-36(34)43(28-16-7-11-23-38(44)45)37(39)22-10-4-5-14-26-40(3,27-15-17-29-51(46,47)48)33-20-12-13-21-35(33)42-31-18-8-6-9-19-31;1-16-20(2,14-8-9-15-25(22,23)24)18-12-6-7-13-19(18)21(16)17-10-4-3-5-11-17;1-13(19-11-6-4-5-10-16(20)21)17(2,3)14-8-7-9-15(12-14)24(18,22)23;1-3-8-14(9-4-1)16-12-7-13-17-15-10-5-2-6-11-15;;;1-3-2;1-2/h4-6,8-10,12-14,18-22,24-25,30,42H,7,11,15-17,23,26-29H2,1-3H3,(H,44,45)(H2,41,49,50)(H,46,47,48);3-7,10-13,18-19H,8-9,14-15H2,1-2H3;7-9,12H,4-6,10-11H2,1-3H3,(H,20,21)(H2,18,22,23);1-12,16-17H,13H2;2*1H;;/q;;;;;;-1;/p+2/b10-4+,14-5+,37-22+;;;12-7+;;;;. The number of nitrogens with zero attached hydrogens (tertiary/aromatic N) is 2. The van der Waals surface area contributed by atoms with E-state index in [1.807, 2.05) is 130 Å². The normalized spacial score (nSPS) is 16.7. The van der Waals surface area contributed by atoms with E-state index in [1.54, 1.807) is 24.3 Å². The summed E-state index contributed by atoms with van der Waals surface area (Å²) in [7, 11) is -15.5. The number of hydrogen-bond acceptors (Lipinski definition) is 12. The number of rotatable bonds is 39. The molecule has 0 fully saturated rings. The molecule has 4 unspecified atom stereocenters. The van der Waals surface area contributed by atoms with E-state index in [4.69, 9.17) is 25.0 Å². The van der Waals surface area contributed by atoms with Crippen molar-refractivity contribution in [3.05, 3.63) is 277 Å². The van der Waals surface area contributed by atoms with Crippen LogP contribution in [0, 0.1) is 11.3 Å². The molecule has 33 heteroatoms. The van der Waals surface area contributed by atoms with Crippen LogP contribution in [0.3, 0.4) is 0 Å². The average Bonchev–Trinajstić information content (AvgIpc) is 1.59. The van der Waals surface area contributed by atoms with Crippen molar-refractivity contribution >= 4 is 172 Å². The molecule has 10 rings (SSSR count). The number of benzene rings is 7. The quantitative estimate of drug-likeness (QED) is 0.00327. The summed E-state index contributed by atoms with van der Waals surface area (Å²) in [6.45, 7) is 19.1. The van der Waals surface area contributed by atoms with Crippen LogP contribution in [-0.4, -0.2) is 118 Å². The van der Waals surface area contributed by atoms with Crippen LogP contribution in [0.4, 0.5) is 34.1 Å². The number of nitrogens with two attached hydrogens (primary N) is 4. The fraction of sp³-hybridized carbons (Fsp3) is 0.370. The predicted molar refractivity (Wildman–Crippen MR) is 530 cm³/mol. The van der Waals surface area contributed by atoms with Gasteiger partial charge in [0.2, 0.25) is 25.7 Å². The van der Waals surface area contributed by atoms with E-state index < -0.39 is 57.6 Å². The van der Waals surface area contributed by atoms with Gasteiger partial charge >= 0.3 is 62.4 Å². The Hall–Kier alpha value is -5.16. The first-order valence-corrected chi connectivity index (χ1v) is 65.9. The number of quaternary nitrogens is 2. The molecule has 0 spiro atoms. The number of hydrogen-bond donors (Lipinski definition) is 10. The summed E-state index contributed by atoms with van der Waals surface area (Å²) >= 11 is 9.54. The number of allylic oxidation sites excluding steroid dienone is 8. The molecule has 3 aliphatic rings. The first-order valence-electron chi connectivity index (χ1n) is 40.7. The minimum absolute atomic E-state index is 0. The molecule has 0 bridgehead atoms. The van der Waals surface area contributed by atoms with Gasteiger partial charge in [0.05, 0.1) is 38.0 Å². The van der Waals surface area contributed by atoms with Crippen molar-refractivity contribution in [2.45, 2.75) is 184 Å². The molecule has 2 aliphatic heterocycles. The van der Waals surface area contributed by atoms with Crippen LogP contribution in [0.25, 0.3) is 0 Å². The molecule has 0 aromatic heterocycles. The van der Waals surface area contributed by atoms with Gasteiger partial charge in [0, 0.05) is 129 Å². The van der Waals surface area contributed by atoms with Gasteiger partial charge in [-0.15, -0.1) is 0 Å². The molecule has 4 atom stereocenters. The third kappa shape index (κ3) is 39.4. The molecule has 14 N–H and O–H groups in total. The summed E-state index contributed by atoms with van der Waals surface area (Å²) in [4.78, 5) is 27.2. The molecule has 686 valence electrons. The maximum Gasteiger partial charge on any atom is -1.00 e. The fourth-order valence-electron chi connectivity index (χ4n) is 15.1. The van der Waals surface area contributed by atoms with Gasteiger partial charge in [0.15, 0.2) is 17.5 Å². The minimum Gasteiger partial charge on any atom is -1.00 e. The van der Waals surface area contributed by atoms with E-state index in [2.05, 4.69) is 249 Å². The van der Waals surface area contributed by atoms with Gasteiger partial charge < -0.3 is 55.1 Å². The minimum atomic E-state index is -4.03. The van der Waals surface area contributed by atoms with Crippen LogP contribution in [0.5, 0.6) is 0 Å². The van der Waals surface area contributed by atoms with E-state index in [0.717, 1.165) is 102 Å². The number of unbranched alkanes of at least 4 members (excludes halogenated alkanes) is 6. The number of sulfonamides is 2. The summed E-state index contributed by atoms with van der Waals surface area (Å²) in [6.07, 6.45) is 32.3. The number of fused-ring (bicyclic) bond motifs is 2. The number of primary sulfonamides is 2. The zero-order valence-electron chi connectivity index (χ0n) is 71.9. The largest absolute Gasteiger partial charge is 1.00 e. The van der Waals surface area contributed by atoms with E-state index in [1.165, 1.54) is 29.2 Å². The maximum absolute atomic E-state index is 12.2. The van der Waals surface area contributed by atoms with Gasteiger partial charge in [-0.1, -0.05) is 186 Å². The smallest absolute Gasteiger partial charge is 1.00 e. The Bertz CT molecular complexity index is 5260. The first-order chi connectivity index (χ1) is 58.3. The maximum atomic E-state index is 12.2. The van der Waals surface area contributed by atoms with Crippen LogP contribution >= 0.6 is 74.5 Å². The Morgan fingerprint density at radius 2 is 1.17 bits per heavy atom. The van der Waals surface area contributed by atoms with Crippen molar-refractivity contribution in [1.29, 1.82) is 0 Å². The van der Waals surface area contributed by atoms with Crippen molar-refractivity contribution in [3.63, 3.8) is 0 Å². The number of para-hydroxylation sites is 5. The number of aliphatic carboxylic acids is 2. The summed E-state index contributed by atoms with van der Waals surface area (Å²) in [5.41, 5.74) is 11.6. The Kier molecular flexibility index (Phi) is 52.2. The Balaban J connectivity index is 0.000000461. The van der Waals surface area contributed by atoms with Crippen LogP contribution in [-0.2, 0) is 66.1 Å². The van der Waals surface area contributed by atoms with E-state index >= 15 is 0 Å². The van der Waals surface area contributed by atoms with Crippen LogP contribution in [0.15, 0.2) is 271 Å². The second-order valence-corrected chi connectivity index (χ2v) is 54.2. The number of anilines is 2. The Morgan fingerprint density at radius 3 is 1.75 bits per heavy atom. The van der Waals surface area contributed by atoms with Crippen molar-refractivity contribution < 1.29 is 125 Å². The SMILES string of the molecule is C(=C\Nc1ccccc1)/C[NH2+]c1ccccc1.CC(=[NH+]CCCCCC(=O)O)C(C)(C)c1cccc(S(N)(=O)=O)c1.CC(C/C=C/C=C/C=C1/N(CCCCCC(=O)O)c2ccc(S(N)(=O)=O)cc2C1(C)C)(CCCCS(=O)(=O)O)c1ccccc1[NH2+]c1ccccc1.CC1=[N+](c2ccccc2)C2C=CC=CC2C1(C)CCCCS(=O)(=O)O.II.I[I-]I.[Br-].[Cl-]. The van der Waals surface area contributed by atoms with Gasteiger partial charge in [-0.2, -0.15) is 21.4 Å². The van der Waals surface area contributed by atoms with Gasteiger partial charge in [0.1, 0.15) is 30.2 Å². The summed E-state index contributed by atoms with van der Waals surface area (Å²) in [5, 5.41) is 35.9. The molecule has 22 nitrogen and oxygen atoms in total. The van der Waals surface area contributed by atoms with Gasteiger partial charge in [-0.05, 0) is 181 Å². The van der Waals surface area contributed by atoms with E-state index in [9.17, 15) is 47.8 Å². The number of carboxylic acids is 2. The first kappa shape index (κ1) is 114. The van der Waals surface area contributed by atoms with Gasteiger partial charge in [0.25, 0.3) is 20.2 Å². The van der Waals surface area contributed by atoms with Crippen molar-refractivity contribution in [2.75, 3.05) is 41.4 Å². The fourth-order valence-corrected chi connectivity index (χ4v) is 17.4. The predicted octanol–water partition coefficient (Wildman–Crippen LogP) is 8.85. The third-order valence-electron chi connectivity index (χ3n) is 22.2. The third-order valence-corrected chi connectivity index (χ3v) is 25.6. The summed E-state index contributed by atoms with van der Waals surface area (Å²) in [6, 6.07) is 61.2. The second kappa shape index (κ2) is 57.2. The second-order valence-electron chi connectivity index (χ2n) is 31.7. The van der Waals surface area contributed by atoms with Crippen LogP contribution < -0.4 is 78.8 Å². The Labute approximate surface area is 812 Å². The number of carboxylic acid groups (broad SMARTS) is 2. The van der Waals surface area contributed by atoms with Gasteiger partial charge in [-0.3, -0.25) is 24.0 Å². The molecule has 0 amide bonds. The number of nitrogens with one attached hydrogen (secondary N) is 2. The molecular formula is C92H122BrClI5N8O14S4+. The average molecular weight is 2440 g/mol. The van der Waals surface area contributed by atoms with Crippen molar-refractivity contribution in [3.8, 4) is 0 Å². The molecule has 2 heterocycles. The Morgan fingerprint density at radius 1 is 0.632 bits per heavy atom. The zero-order chi connectivity index (χ0) is 90.9. The van der Waals surface area contributed by atoms with Gasteiger partial charge in [-0.25, -0.2) is 32.1 Å². The topological polar surface area (TPSA) is 369 Å². The summed E-state index contributed by atoms with van der Waals surface area (Å²) in [5.74, 6) is -1.63. The summed E-state index contributed by atoms with van der Waals surface area (Å²) < 4.78 is 113. The van der Waals surface area contributed by atoms with E-state index in [-0.39, 0.29) is 79.8 Å². The molecule has 0 saturated heterocycles. The zero-order valence-corrected chi connectivity index (χ0v) is 88.3. The number of halogens is 7. The molecule has 125 heavy (non-hydrogen) atoms.